The first-order valence-corrected chi connectivity index (χ1v) is 4.75. The SMILES string of the molecule is C=CC1=C(/C=C\C)OC2(CN(C)C2)O1. The topological polar surface area (TPSA) is 21.7 Å². The maximum atomic E-state index is 5.76. The third-order valence-corrected chi connectivity index (χ3v) is 2.36. The fourth-order valence-electron chi connectivity index (χ4n) is 1.84. The lowest BCUT2D eigenvalue weighted by atomic mass is 10.1. The minimum absolute atomic E-state index is 0.437. The van der Waals surface area contributed by atoms with Gasteiger partial charge in [-0.1, -0.05) is 12.7 Å². The smallest absolute Gasteiger partial charge is 0.276 e. The Balaban J connectivity index is 2.12. The van der Waals surface area contributed by atoms with Crippen molar-refractivity contribution in [1.29, 1.82) is 0 Å². The second kappa shape index (κ2) is 3.17. The molecule has 0 unspecified atom stereocenters. The van der Waals surface area contributed by atoms with E-state index in [0.717, 1.165) is 24.6 Å². The van der Waals surface area contributed by atoms with Gasteiger partial charge in [-0.3, -0.25) is 4.90 Å². The zero-order valence-electron chi connectivity index (χ0n) is 8.62. The van der Waals surface area contributed by atoms with Crippen LogP contribution in [-0.4, -0.2) is 30.8 Å². The van der Waals surface area contributed by atoms with E-state index in [9.17, 15) is 0 Å². The van der Waals surface area contributed by atoms with E-state index in [1.165, 1.54) is 0 Å². The molecule has 0 aromatic rings. The third kappa shape index (κ3) is 1.34. The first-order chi connectivity index (χ1) is 6.69. The quantitative estimate of drug-likeness (QED) is 0.665. The normalized spacial score (nSPS) is 25.0. The average Bonchev–Trinajstić information content (AvgIpc) is 2.44. The van der Waals surface area contributed by atoms with Gasteiger partial charge in [-0.05, 0) is 26.1 Å². The third-order valence-electron chi connectivity index (χ3n) is 2.36. The average molecular weight is 193 g/mol. The number of allylic oxidation sites excluding steroid dienone is 3. The highest BCUT2D eigenvalue weighted by molar-refractivity contribution is 5.28. The lowest BCUT2D eigenvalue weighted by Crippen LogP contribution is -2.61. The number of nitrogens with zero attached hydrogens (tertiary/aromatic N) is 1. The van der Waals surface area contributed by atoms with Crippen molar-refractivity contribution in [1.82, 2.24) is 4.90 Å². The first kappa shape index (κ1) is 9.34. The summed E-state index contributed by atoms with van der Waals surface area (Å²) in [5, 5.41) is 0. The molecule has 2 heterocycles. The van der Waals surface area contributed by atoms with Crippen LogP contribution in [0.1, 0.15) is 6.92 Å². The van der Waals surface area contributed by atoms with Crippen molar-refractivity contribution in [3.05, 3.63) is 36.3 Å². The lowest BCUT2D eigenvalue weighted by molar-refractivity contribution is -0.226. The predicted molar refractivity (Wildman–Crippen MR) is 54.4 cm³/mol. The molecule has 1 saturated heterocycles. The molecule has 0 saturated carbocycles. The summed E-state index contributed by atoms with van der Waals surface area (Å²) in [6.07, 6.45) is 5.54. The zero-order chi connectivity index (χ0) is 10.2. The molecule has 2 aliphatic heterocycles. The molecule has 0 radical (unpaired) electrons. The molecular weight excluding hydrogens is 178 g/mol. The van der Waals surface area contributed by atoms with Crippen LogP contribution in [0.2, 0.25) is 0 Å². The van der Waals surface area contributed by atoms with E-state index in [1.54, 1.807) is 6.08 Å². The minimum atomic E-state index is -0.437. The number of likely N-dealkylation sites (N-methyl/N-ethyl adjacent to an activating group) is 1. The number of rotatable bonds is 2. The Bertz CT molecular complexity index is 311. The van der Waals surface area contributed by atoms with Crippen LogP contribution in [0.3, 0.4) is 0 Å². The van der Waals surface area contributed by atoms with Crippen LogP contribution in [0.4, 0.5) is 0 Å². The molecule has 76 valence electrons. The summed E-state index contributed by atoms with van der Waals surface area (Å²) in [5.74, 6) is 1.10. The van der Waals surface area contributed by atoms with Crippen molar-refractivity contribution in [3.8, 4) is 0 Å². The summed E-state index contributed by atoms with van der Waals surface area (Å²) >= 11 is 0. The second-order valence-electron chi connectivity index (χ2n) is 3.72. The van der Waals surface area contributed by atoms with Gasteiger partial charge in [0.15, 0.2) is 11.5 Å². The van der Waals surface area contributed by atoms with Crippen molar-refractivity contribution in [2.45, 2.75) is 12.7 Å². The molecule has 2 rings (SSSR count). The first-order valence-electron chi connectivity index (χ1n) is 4.75. The molecule has 14 heavy (non-hydrogen) atoms. The molecule has 3 nitrogen and oxygen atoms in total. The van der Waals surface area contributed by atoms with Crippen LogP contribution in [0.25, 0.3) is 0 Å². The molecule has 0 amide bonds. The molecule has 0 atom stereocenters. The molecule has 0 aromatic heterocycles. The molecule has 0 N–H and O–H groups in total. The Morgan fingerprint density at radius 1 is 1.36 bits per heavy atom. The van der Waals surface area contributed by atoms with Gasteiger partial charge in [0.1, 0.15) is 0 Å². The number of hydrogen-bond donors (Lipinski definition) is 0. The molecule has 1 spiro atoms. The van der Waals surface area contributed by atoms with Gasteiger partial charge in [-0.15, -0.1) is 0 Å². The second-order valence-corrected chi connectivity index (χ2v) is 3.72. The van der Waals surface area contributed by atoms with E-state index in [0.29, 0.717) is 0 Å². The fraction of sp³-hybridized carbons (Fsp3) is 0.455. The van der Waals surface area contributed by atoms with Crippen LogP contribution >= 0.6 is 0 Å². The van der Waals surface area contributed by atoms with Crippen LogP contribution < -0.4 is 0 Å². The Labute approximate surface area is 84.3 Å². The highest BCUT2D eigenvalue weighted by atomic mass is 16.7. The summed E-state index contributed by atoms with van der Waals surface area (Å²) in [7, 11) is 2.04. The number of likely N-dealkylation sites (tertiary alicyclic amines) is 1. The van der Waals surface area contributed by atoms with Gasteiger partial charge < -0.3 is 9.47 Å². The Hall–Kier alpha value is -1.22. The number of hydrogen-bond acceptors (Lipinski definition) is 3. The molecule has 0 aliphatic carbocycles. The maximum Gasteiger partial charge on any atom is 0.276 e. The Morgan fingerprint density at radius 2 is 2.00 bits per heavy atom. The molecule has 0 bridgehead atoms. The number of ether oxygens (including phenoxy) is 2. The minimum Gasteiger partial charge on any atom is -0.446 e. The molecular formula is C11H15NO2. The largest absolute Gasteiger partial charge is 0.446 e. The Morgan fingerprint density at radius 3 is 2.50 bits per heavy atom. The van der Waals surface area contributed by atoms with Gasteiger partial charge in [0.05, 0.1) is 13.1 Å². The van der Waals surface area contributed by atoms with E-state index in [4.69, 9.17) is 9.47 Å². The van der Waals surface area contributed by atoms with E-state index < -0.39 is 5.79 Å². The maximum absolute atomic E-state index is 5.76. The van der Waals surface area contributed by atoms with Crippen molar-refractivity contribution < 1.29 is 9.47 Å². The van der Waals surface area contributed by atoms with E-state index >= 15 is 0 Å². The molecule has 1 fully saturated rings. The molecule has 0 aromatic carbocycles. The van der Waals surface area contributed by atoms with Gasteiger partial charge in [0.25, 0.3) is 5.79 Å². The summed E-state index contributed by atoms with van der Waals surface area (Å²) in [6.45, 7) is 7.28. The predicted octanol–water partition coefficient (Wildman–Crippen LogP) is 1.65. The zero-order valence-corrected chi connectivity index (χ0v) is 8.62. The molecule has 2 aliphatic rings. The van der Waals surface area contributed by atoms with Crippen molar-refractivity contribution >= 4 is 0 Å². The highest BCUT2D eigenvalue weighted by Crippen LogP contribution is 2.38. The monoisotopic (exact) mass is 193 g/mol. The molecule has 3 heteroatoms. The summed E-state index contributed by atoms with van der Waals surface area (Å²) < 4.78 is 11.5. The summed E-state index contributed by atoms with van der Waals surface area (Å²) in [5.41, 5.74) is 0. The van der Waals surface area contributed by atoms with E-state index in [2.05, 4.69) is 11.5 Å². The highest BCUT2D eigenvalue weighted by Gasteiger charge is 2.50. The van der Waals surface area contributed by atoms with Crippen molar-refractivity contribution in [3.63, 3.8) is 0 Å². The van der Waals surface area contributed by atoms with Crippen LogP contribution in [-0.2, 0) is 9.47 Å². The van der Waals surface area contributed by atoms with Gasteiger partial charge in [0.2, 0.25) is 0 Å². The van der Waals surface area contributed by atoms with Crippen LogP contribution in [0.15, 0.2) is 36.3 Å². The fourth-order valence-corrected chi connectivity index (χ4v) is 1.84. The summed E-state index contributed by atoms with van der Waals surface area (Å²) in [6, 6.07) is 0. The standard InChI is InChI=1S/C11H15NO2/c1-4-6-10-9(5-2)13-11(14-10)7-12(3)8-11/h4-6H,2,7-8H2,1,3H3/b6-4-. The lowest BCUT2D eigenvalue weighted by Gasteiger charge is -2.43. The van der Waals surface area contributed by atoms with Gasteiger partial charge in [0, 0.05) is 0 Å². The summed E-state index contributed by atoms with van der Waals surface area (Å²) in [4.78, 5) is 2.15. The van der Waals surface area contributed by atoms with Gasteiger partial charge >= 0.3 is 0 Å². The van der Waals surface area contributed by atoms with Crippen molar-refractivity contribution in [2.75, 3.05) is 20.1 Å². The van der Waals surface area contributed by atoms with Crippen molar-refractivity contribution in [2.24, 2.45) is 0 Å². The van der Waals surface area contributed by atoms with Gasteiger partial charge in [-0.2, -0.15) is 0 Å². The van der Waals surface area contributed by atoms with E-state index in [1.807, 2.05) is 26.1 Å². The van der Waals surface area contributed by atoms with Crippen LogP contribution in [0.5, 0.6) is 0 Å². The van der Waals surface area contributed by atoms with Crippen LogP contribution in [0, 0.1) is 0 Å². The Kier molecular flexibility index (Phi) is 2.11. The van der Waals surface area contributed by atoms with E-state index in [-0.39, 0.29) is 0 Å². The van der Waals surface area contributed by atoms with Gasteiger partial charge in [-0.25, -0.2) is 0 Å².